The topological polar surface area (TPSA) is 78.3 Å². The fourth-order valence-electron chi connectivity index (χ4n) is 1.59. The Morgan fingerprint density at radius 2 is 2.00 bits per heavy atom. The van der Waals surface area contributed by atoms with E-state index >= 15 is 0 Å². The van der Waals surface area contributed by atoms with E-state index in [-0.39, 0.29) is 18.5 Å². The van der Waals surface area contributed by atoms with Crippen molar-refractivity contribution in [3.63, 3.8) is 0 Å². The average molecular weight is 284 g/mol. The van der Waals surface area contributed by atoms with E-state index in [2.05, 4.69) is 15.6 Å². The number of nitrogens with zero attached hydrogens (tertiary/aromatic N) is 3. The van der Waals surface area contributed by atoms with Crippen molar-refractivity contribution in [3.8, 4) is 0 Å². The second kappa shape index (κ2) is 8.65. The van der Waals surface area contributed by atoms with Crippen LogP contribution in [0.4, 0.5) is 0 Å². The molecule has 1 atom stereocenters. The smallest absolute Gasteiger partial charge is 0.242 e. The highest BCUT2D eigenvalue weighted by Crippen LogP contribution is 2.15. The van der Waals surface area contributed by atoms with Gasteiger partial charge in [0, 0.05) is 19.3 Å². The van der Waals surface area contributed by atoms with Crippen molar-refractivity contribution >= 4 is 5.91 Å². The number of aromatic nitrogens is 3. The molecule has 1 unspecified atom stereocenters. The summed E-state index contributed by atoms with van der Waals surface area (Å²) in [4.78, 5) is 11.8. The number of ether oxygens (including phenoxy) is 2. The maximum atomic E-state index is 11.8. The number of nitrogens with one attached hydrogen (secondary N) is 1. The monoisotopic (exact) mass is 284 g/mol. The van der Waals surface area contributed by atoms with E-state index in [1.165, 1.54) is 4.68 Å². The van der Waals surface area contributed by atoms with Crippen LogP contribution in [0, 0.1) is 0 Å². The third kappa shape index (κ3) is 5.26. The van der Waals surface area contributed by atoms with Crippen LogP contribution in [-0.4, -0.2) is 40.2 Å². The molecular formula is C13H24N4O3. The highest BCUT2D eigenvalue weighted by atomic mass is 16.7. The van der Waals surface area contributed by atoms with Crippen LogP contribution in [0.5, 0.6) is 0 Å². The van der Waals surface area contributed by atoms with Gasteiger partial charge in [0.2, 0.25) is 12.2 Å². The highest BCUT2D eigenvalue weighted by molar-refractivity contribution is 5.75. The first kappa shape index (κ1) is 16.6. The van der Waals surface area contributed by atoms with Gasteiger partial charge in [0.1, 0.15) is 12.2 Å². The molecule has 1 heterocycles. The minimum Gasteiger partial charge on any atom is -0.352 e. The van der Waals surface area contributed by atoms with Gasteiger partial charge < -0.3 is 14.8 Å². The Labute approximate surface area is 119 Å². The summed E-state index contributed by atoms with van der Waals surface area (Å²) in [5, 5.41) is 10.8. The molecular weight excluding hydrogens is 260 g/mol. The molecule has 0 aliphatic rings. The summed E-state index contributed by atoms with van der Waals surface area (Å²) in [6, 6.07) is 0.157. The van der Waals surface area contributed by atoms with Gasteiger partial charge in [0.15, 0.2) is 0 Å². The van der Waals surface area contributed by atoms with Crippen LogP contribution in [0.25, 0.3) is 0 Å². The van der Waals surface area contributed by atoms with Gasteiger partial charge in [0.05, 0.1) is 6.20 Å². The number of carbonyl (C=O) groups excluding carboxylic acids is 1. The van der Waals surface area contributed by atoms with E-state index in [1.54, 1.807) is 6.20 Å². The van der Waals surface area contributed by atoms with Crippen LogP contribution in [0.15, 0.2) is 6.20 Å². The fraction of sp³-hybridized carbons (Fsp3) is 0.769. The zero-order valence-electron chi connectivity index (χ0n) is 12.6. The molecule has 20 heavy (non-hydrogen) atoms. The molecule has 0 bridgehead atoms. The van der Waals surface area contributed by atoms with Crippen molar-refractivity contribution < 1.29 is 14.3 Å². The summed E-state index contributed by atoms with van der Waals surface area (Å²) in [5.74, 6) is -0.0832. The number of rotatable bonds is 9. The van der Waals surface area contributed by atoms with Gasteiger partial charge in [0.25, 0.3) is 0 Å². The van der Waals surface area contributed by atoms with Crippen molar-refractivity contribution in [3.05, 3.63) is 11.9 Å². The molecule has 1 rings (SSSR count). The summed E-state index contributed by atoms with van der Waals surface area (Å²) in [7, 11) is 0. The number of amides is 1. The maximum Gasteiger partial charge on any atom is 0.242 e. The van der Waals surface area contributed by atoms with Gasteiger partial charge in [-0.25, -0.2) is 4.68 Å². The van der Waals surface area contributed by atoms with Gasteiger partial charge in [-0.15, -0.1) is 5.10 Å². The molecule has 0 spiro atoms. The Hall–Kier alpha value is -1.47. The molecule has 0 saturated carbocycles. The standard InChI is InChI=1S/C13H24N4O3/c1-5-10(4)14-12(18)9-17-8-11(15-16-17)13(19-6-2)20-7-3/h8,10,13H,5-7,9H2,1-4H3,(H,14,18). The summed E-state index contributed by atoms with van der Waals surface area (Å²) in [6.45, 7) is 8.94. The van der Waals surface area contributed by atoms with Crippen molar-refractivity contribution in [2.24, 2.45) is 0 Å². The van der Waals surface area contributed by atoms with Gasteiger partial charge in [-0.2, -0.15) is 0 Å². The Balaban J connectivity index is 2.59. The van der Waals surface area contributed by atoms with E-state index in [9.17, 15) is 4.79 Å². The summed E-state index contributed by atoms with van der Waals surface area (Å²) in [6.07, 6.45) is 2.04. The zero-order chi connectivity index (χ0) is 15.0. The Kier molecular flexibility index (Phi) is 7.17. The lowest BCUT2D eigenvalue weighted by atomic mass is 10.2. The Bertz CT molecular complexity index is 402. The lowest BCUT2D eigenvalue weighted by Crippen LogP contribution is -2.34. The Morgan fingerprint density at radius 3 is 2.55 bits per heavy atom. The Morgan fingerprint density at radius 1 is 1.35 bits per heavy atom. The molecule has 114 valence electrons. The first-order valence-corrected chi connectivity index (χ1v) is 7.03. The SMILES string of the molecule is CCOC(OCC)c1cn(CC(=O)NC(C)CC)nn1. The highest BCUT2D eigenvalue weighted by Gasteiger charge is 2.16. The lowest BCUT2D eigenvalue weighted by molar-refractivity contribution is -0.142. The second-order valence-corrected chi connectivity index (χ2v) is 4.46. The molecule has 0 saturated heterocycles. The van der Waals surface area contributed by atoms with Crippen LogP contribution in [0.1, 0.15) is 46.1 Å². The van der Waals surface area contributed by atoms with Crippen molar-refractivity contribution in [2.75, 3.05) is 13.2 Å². The lowest BCUT2D eigenvalue weighted by Gasteiger charge is -2.13. The van der Waals surface area contributed by atoms with Crippen molar-refractivity contribution in [2.45, 2.75) is 53.0 Å². The molecule has 0 radical (unpaired) electrons. The third-order valence-electron chi connectivity index (χ3n) is 2.76. The minimum atomic E-state index is -0.531. The molecule has 0 aliphatic carbocycles. The van der Waals surface area contributed by atoms with Crippen molar-refractivity contribution in [1.29, 1.82) is 0 Å². The number of hydrogen-bond acceptors (Lipinski definition) is 5. The van der Waals surface area contributed by atoms with Crippen LogP contribution >= 0.6 is 0 Å². The van der Waals surface area contributed by atoms with Crippen LogP contribution in [0.2, 0.25) is 0 Å². The molecule has 0 aromatic carbocycles. The van der Waals surface area contributed by atoms with Crippen LogP contribution < -0.4 is 5.32 Å². The van der Waals surface area contributed by atoms with Gasteiger partial charge in [-0.05, 0) is 27.2 Å². The predicted octanol–water partition coefficient (Wildman–Crippen LogP) is 1.26. The fourth-order valence-corrected chi connectivity index (χ4v) is 1.59. The van der Waals surface area contributed by atoms with E-state index in [4.69, 9.17) is 9.47 Å². The minimum absolute atomic E-state index is 0.0832. The van der Waals surface area contributed by atoms with E-state index in [0.29, 0.717) is 18.9 Å². The van der Waals surface area contributed by atoms with E-state index < -0.39 is 6.29 Å². The van der Waals surface area contributed by atoms with Gasteiger partial charge >= 0.3 is 0 Å². The second-order valence-electron chi connectivity index (χ2n) is 4.46. The summed E-state index contributed by atoms with van der Waals surface area (Å²) in [5.41, 5.74) is 0.574. The van der Waals surface area contributed by atoms with Gasteiger partial charge in [-0.1, -0.05) is 12.1 Å². The number of carbonyl (C=O) groups is 1. The predicted molar refractivity (Wildman–Crippen MR) is 73.9 cm³/mol. The first-order chi connectivity index (χ1) is 9.60. The van der Waals surface area contributed by atoms with Crippen LogP contribution in [0.3, 0.4) is 0 Å². The van der Waals surface area contributed by atoms with Crippen molar-refractivity contribution in [1.82, 2.24) is 20.3 Å². The average Bonchev–Trinajstić information content (AvgIpc) is 2.86. The largest absolute Gasteiger partial charge is 0.352 e. The quantitative estimate of drug-likeness (QED) is 0.691. The summed E-state index contributed by atoms with van der Waals surface area (Å²) >= 11 is 0. The molecule has 1 aromatic heterocycles. The van der Waals surface area contributed by atoms with E-state index in [1.807, 2.05) is 27.7 Å². The first-order valence-electron chi connectivity index (χ1n) is 7.03. The number of hydrogen-bond donors (Lipinski definition) is 1. The van der Waals surface area contributed by atoms with Gasteiger partial charge in [-0.3, -0.25) is 4.79 Å². The molecule has 7 nitrogen and oxygen atoms in total. The molecule has 0 aliphatic heterocycles. The molecule has 1 amide bonds. The molecule has 1 N–H and O–H groups in total. The molecule has 1 aromatic rings. The third-order valence-corrected chi connectivity index (χ3v) is 2.76. The molecule has 0 fully saturated rings. The van der Waals surface area contributed by atoms with E-state index in [0.717, 1.165) is 6.42 Å². The molecule has 7 heteroatoms. The van der Waals surface area contributed by atoms with Crippen LogP contribution in [-0.2, 0) is 20.8 Å². The normalized spacial score (nSPS) is 12.7. The zero-order valence-corrected chi connectivity index (χ0v) is 12.6. The summed E-state index contributed by atoms with van der Waals surface area (Å²) < 4.78 is 12.3. The maximum absolute atomic E-state index is 11.8.